The molecule has 4 aromatic rings. The van der Waals surface area contributed by atoms with Crippen molar-refractivity contribution in [1.29, 1.82) is 0 Å². The molecule has 3 amide bonds. The van der Waals surface area contributed by atoms with Crippen LogP contribution < -0.4 is 31.2 Å². The van der Waals surface area contributed by atoms with Crippen molar-refractivity contribution in [2.24, 2.45) is 0 Å². The summed E-state index contributed by atoms with van der Waals surface area (Å²) in [4.78, 5) is 95.0. The highest BCUT2D eigenvalue weighted by atomic mass is 32.5. The van der Waals surface area contributed by atoms with Crippen LogP contribution in [-0.4, -0.2) is 147 Å². The third-order valence-corrected chi connectivity index (χ3v) is 16.7. The molecule has 0 radical (unpaired) electrons. The van der Waals surface area contributed by atoms with E-state index in [0.717, 1.165) is 49.0 Å². The van der Waals surface area contributed by atoms with Gasteiger partial charge in [-0.25, -0.2) is 37.8 Å². The molecule has 0 saturated carbocycles. The highest BCUT2D eigenvalue weighted by Crippen LogP contribution is 2.66. The Balaban J connectivity index is 0.943. The van der Waals surface area contributed by atoms with Crippen LogP contribution in [0.25, 0.3) is 42.8 Å². The second-order valence-electron chi connectivity index (χ2n) is 16.7. The standard InChI is InChI=1S/C42H51N10O15P3S2/c1-49(2)24-12-14-28-31(19-24)72-32-20-25(50(3)4)13-15-29(32)34(28)26-9-6-7-10-27(26)40(55)51(5)18-8-11-33(53)44-16-17-45-42(56)65-37-36(54)30(21-63-68(57,58)66-69(59,60)67-70(61,62)71)64-41(37)52-23-48-35-38(43)46-22-47-39(35)52/h6-7,9-10,12-15,19-20,22-23,30,36-37,41,54H,8,11,16-18,21H2,1-5H3,(H7-,43,44,45,46,47,53,56,57,58,59,60,61,62,71)/p+1/t30-,36-,37-,41-/m1/s1. The van der Waals surface area contributed by atoms with Gasteiger partial charge in [0.1, 0.15) is 38.1 Å². The molecule has 2 aliphatic heterocycles. The monoisotopic (exact) mass is 1090 g/mol. The number of hydrogen-bond acceptors (Lipinski definition) is 18. The molecular weight excluding hydrogens is 1040 g/mol. The number of nitrogens with two attached hydrogens (primary N) is 1. The number of carbonyl (C=O) groups is 3. The summed E-state index contributed by atoms with van der Waals surface area (Å²) >= 11 is 5.78. The number of phosphoric acid groups is 2. The third-order valence-electron chi connectivity index (χ3n) is 11.1. The van der Waals surface area contributed by atoms with Crippen LogP contribution in [0.1, 0.15) is 29.4 Å². The van der Waals surface area contributed by atoms with Crippen LogP contribution in [0.3, 0.4) is 0 Å². The molecule has 25 nitrogen and oxygen atoms in total. The number of aliphatic hydroxyl groups excluding tert-OH is 1. The number of alkyl carbamates (subject to hydrolysis) is 1. The topological polar surface area (TPSA) is 336 Å². The van der Waals surface area contributed by atoms with Crippen molar-refractivity contribution < 1.29 is 70.8 Å². The van der Waals surface area contributed by atoms with Gasteiger partial charge in [-0.3, -0.25) is 18.7 Å². The number of carbonyl (C=O) groups excluding carboxylic acids is 3. The molecular formula is C42H52N10O15P3S2+. The first kappa shape index (κ1) is 54.4. The number of phosphoric ester groups is 1. The number of aliphatic hydroxyl groups is 1. The van der Waals surface area contributed by atoms with Crippen molar-refractivity contribution in [3.8, 4) is 21.6 Å². The van der Waals surface area contributed by atoms with Crippen LogP contribution in [-0.2, 0) is 48.4 Å². The second kappa shape index (κ2) is 22.4. The van der Waals surface area contributed by atoms with Crippen molar-refractivity contribution in [2.45, 2.75) is 37.4 Å². The van der Waals surface area contributed by atoms with E-state index in [0.29, 0.717) is 12.0 Å². The summed E-state index contributed by atoms with van der Waals surface area (Å²) < 4.78 is 52.8. The molecule has 0 bridgehead atoms. The number of nitrogens with zero attached hydrogens (tertiary/aromatic N) is 7. The van der Waals surface area contributed by atoms with Gasteiger partial charge in [-0.2, -0.15) is 4.31 Å². The zero-order valence-electron chi connectivity index (χ0n) is 39.2. The van der Waals surface area contributed by atoms with Crippen molar-refractivity contribution in [2.75, 3.05) is 72.1 Å². The van der Waals surface area contributed by atoms with Crippen molar-refractivity contribution >= 4 is 96.2 Å². The first-order valence-electron chi connectivity index (χ1n) is 21.7. The quantitative estimate of drug-likeness (QED) is 0.0250. The zero-order valence-corrected chi connectivity index (χ0v) is 43.5. The Morgan fingerprint density at radius 1 is 0.944 bits per heavy atom. The molecule has 2 unspecified atom stereocenters. The largest absolute Gasteiger partial charge is 0.488 e. The molecule has 6 atom stereocenters. The second-order valence-corrected chi connectivity index (χ2v) is 23.6. The van der Waals surface area contributed by atoms with E-state index in [-0.39, 0.29) is 54.9 Å². The van der Waals surface area contributed by atoms with E-state index in [9.17, 15) is 38.4 Å². The first-order valence-corrected chi connectivity index (χ1v) is 28.1. The predicted molar refractivity (Wildman–Crippen MR) is 269 cm³/mol. The van der Waals surface area contributed by atoms with Gasteiger partial charge < -0.3 is 60.3 Å². The summed E-state index contributed by atoms with van der Waals surface area (Å²) in [6, 6.07) is 20.1. The fourth-order valence-electron chi connectivity index (χ4n) is 7.74. The maximum atomic E-state index is 14.2. The number of aromatic nitrogens is 4. The van der Waals surface area contributed by atoms with Gasteiger partial charge in [0.15, 0.2) is 23.8 Å². The molecule has 72 heavy (non-hydrogen) atoms. The normalized spacial score (nSPS) is 18.6. The molecule has 3 aliphatic rings. The Morgan fingerprint density at radius 2 is 1.68 bits per heavy atom. The number of benzene rings is 3. The smallest absolute Gasteiger partial charge is 0.439 e. The molecule has 2 aromatic heterocycles. The molecule has 30 heteroatoms. The number of hydrogen-bond donors (Lipinski definition) is 8. The van der Waals surface area contributed by atoms with Crippen LogP contribution in [0.5, 0.6) is 0 Å². The Bertz CT molecular complexity index is 3210. The third kappa shape index (κ3) is 13.1. The van der Waals surface area contributed by atoms with E-state index in [1.165, 1.54) is 10.9 Å². The summed E-state index contributed by atoms with van der Waals surface area (Å²) in [5, 5.41) is 18.4. The highest BCUT2D eigenvalue weighted by Gasteiger charge is 2.49. The Labute approximate surface area is 420 Å². The number of anilines is 2. The first-order chi connectivity index (χ1) is 33.9. The number of nitrogens with one attached hydrogen (secondary N) is 2. The Kier molecular flexibility index (Phi) is 16.9. The van der Waals surface area contributed by atoms with Gasteiger partial charge >= 0.3 is 28.5 Å². The van der Waals surface area contributed by atoms with E-state index in [4.69, 9.17) is 29.5 Å². The summed E-state index contributed by atoms with van der Waals surface area (Å²) in [7, 11) is -1.55. The summed E-state index contributed by atoms with van der Waals surface area (Å²) in [5.74, 6) is -0.591. The minimum Gasteiger partial charge on any atom is -0.439 e. The van der Waals surface area contributed by atoms with Gasteiger partial charge in [0.05, 0.1) is 12.9 Å². The van der Waals surface area contributed by atoms with Gasteiger partial charge in [0, 0.05) is 91.1 Å². The van der Waals surface area contributed by atoms with E-state index in [2.05, 4.69) is 91.9 Å². The van der Waals surface area contributed by atoms with Gasteiger partial charge in [-0.05, 0) is 53.6 Å². The van der Waals surface area contributed by atoms with Gasteiger partial charge in [0.2, 0.25) is 11.3 Å². The lowest BCUT2D eigenvalue weighted by Crippen LogP contribution is -2.41. The SMILES string of the molecule is CN(CCCC(=O)NCCNC(=O)O[C@@H]1[C@H](O)[C@@H](COP(=O)(O)OP(=O)(O)OP(O)(O)=S)O[C@H]1n1cnc2c(N)ncnc21)C(=O)c1ccccc1-c1c2ccc(=[N+](C)C)cc-2sc2cc(N(C)C)ccc12. The molecule has 4 heterocycles. The fraction of sp³-hybridized carbons (Fsp3) is 0.357. The summed E-state index contributed by atoms with van der Waals surface area (Å²) in [6.45, 7) is -5.80. The van der Waals surface area contributed by atoms with E-state index in [1.54, 1.807) is 23.3 Å². The number of amides is 3. The van der Waals surface area contributed by atoms with Crippen molar-refractivity contribution in [3.05, 3.63) is 84.2 Å². The summed E-state index contributed by atoms with van der Waals surface area (Å²) in [5.41, 5.74) is 10.4. The maximum absolute atomic E-state index is 14.2. The molecule has 1 saturated heterocycles. The average molecular weight is 1090 g/mol. The van der Waals surface area contributed by atoms with Crippen molar-refractivity contribution in [1.82, 2.24) is 39.6 Å². The van der Waals surface area contributed by atoms with Crippen molar-refractivity contribution in [3.63, 3.8) is 0 Å². The molecule has 7 rings (SSSR count). The van der Waals surface area contributed by atoms with Gasteiger partial charge in [-0.1, -0.05) is 24.3 Å². The Hall–Kier alpha value is -5.34. The van der Waals surface area contributed by atoms with Crippen LogP contribution in [0.15, 0.2) is 73.3 Å². The molecule has 1 fully saturated rings. The van der Waals surface area contributed by atoms with Crippen LogP contribution >= 0.6 is 33.7 Å². The van der Waals surface area contributed by atoms with E-state index >= 15 is 0 Å². The summed E-state index contributed by atoms with van der Waals surface area (Å²) in [6.07, 6.45) is -4.87. The predicted octanol–water partition coefficient (Wildman–Crippen LogP) is 2.97. The lowest BCUT2D eigenvalue weighted by atomic mass is 9.91. The van der Waals surface area contributed by atoms with Crippen LogP contribution in [0.2, 0.25) is 0 Å². The van der Waals surface area contributed by atoms with E-state index < -0.39 is 59.6 Å². The lowest BCUT2D eigenvalue weighted by Gasteiger charge is -2.22. The molecule has 386 valence electrons. The number of fused-ring (bicyclic) bond motifs is 3. The highest BCUT2D eigenvalue weighted by molar-refractivity contribution is 8.08. The lowest BCUT2D eigenvalue weighted by molar-refractivity contribution is -0.121. The number of nitrogen functional groups attached to an aromatic ring is 1. The number of imidazole rings is 1. The average Bonchev–Trinajstić information content (AvgIpc) is 3.87. The minimum atomic E-state index is -5.65. The minimum absolute atomic E-state index is 0.0221. The van der Waals surface area contributed by atoms with Crippen LogP contribution in [0, 0.1) is 0 Å². The van der Waals surface area contributed by atoms with Gasteiger partial charge in [-0.15, -0.1) is 11.3 Å². The number of rotatable bonds is 19. The molecule has 9 N–H and O–H groups in total. The number of ether oxygens (including phenoxy) is 2. The van der Waals surface area contributed by atoms with Gasteiger partial charge in [0.25, 0.3) is 5.91 Å². The Morgan fingerprint density at radius 3 is 2.40 bits per heavy atom. The molecule has 2 aromatic carbocycles. The molecule has 1 aliphatic carbocycles. The van der Waals surface area contributed by atoms with Crippen LogP contribution in [0.4, 0.5) is 16.3 Å². The molecule has 0 spiro atoms. The maximum Gasteiger partial charge on any atom is 0.488 e. The zero-order chi connectivity index (χ0) is 52.3. The fourth-order valence-corrected chi connectivity index (χ4v) is 12.7. The van der Waals surface area contributed by atoms with E-state index in [1.807, 2.05) is 52.5 Å².